The molecule has 0 radical (unpaired) electrons. The van der Waals surface area contributed by atoms with Crippen molar-refractivity contribution in [2.24, 2.45) is 11.8 Å². The van der Waals surface area contributed by atoms with Gasteiger partial charge in [0.25, 0.3) is 0 Å². The summed E-state index contributed by atoms with van der Waals surface area (Å²) in [6.45, 7) is 9.46. The highest BCUT2D eigenvalue weighted by Crippen LogP contribution is 2.14. The Morgan fingerprint density at radius 3 is 1.32 bits per heavy atom. The standard InChI is InChI=1S/C28H54N2O4/c1-6-7-8-9-10-11-12-13-14-15-16-17-18-19-20-21-24(31)29-25(22(2)3)27(32)30-26(23(4)5)28(33)34/h22-23,25-26H,6-21H2,1-5H3,(H,29,31)(H,30,32)(H,33,34)/t25-,26+/m0/s1. The molecule has 0 aliphatic heterocycles. The quantitative estimate of drug-likeness (QED) is 0.151. The number of carboxylic acid groups (broad SMARTS) is 1. The molecule has 3 N–H and O–H groups in total. The summed E-state index contributed by atoms with van der Waals surface area (Å²) in [6.07, 6.45) is 19.6. The Balaban J connectivity index is 3.87. The van der Waals surface area contributed by atoms with Crippen LogP contribution in [0.4, 0.5) is 0 Å². The predicted molar refractivity (Wildman–Crippen MR) is 141 cm³/mol. The zero-order valence-electron chi connectivity index (χ0n) is 22.8. The van der Waals surface area contributed by atoms with Crippen LogP contribution >= 0.6 is 0 Å². The average molecular weight is 483 g/mol. The summed E-state index contributed by atoms with van der Waals surface area (Å²) in [6, 6.07) is -1.68. The van der Waals surface area contributed by atoms with Crippen molar-refractivity contribution in [3.8, 4) is 0 Å². The molecule has 0 fully saturated rings. The summed E-state index contributed by atoms with van der Waals surface area (Å²) in [5, 5.41) is 14.7. The van der Waals surface area contributed by atoms with E-state index in [4.69, 9.17) is 0 Å². The first-order valence-corrected chi connectivity index (χ1v) is 14.0. The van der Waals surface area contributed by atoms with Gasteiger partial charge >= 0.3 is 5.97 Å². The second kappa shape index (κ2) is 20.8. The minimum absolute atomic E-state index is 0.119. The molecule has 0 aliphatic rings. The van der Waals surface area contributed by atoms with Gasteiger partial charge in [-0.2, -0.15) is 0 Å². The van der Waals surface area contributed by atoms with E-state index in [2.05, 4.69) is 17.6 Å². The molecule has 0 heterocycles. The fraction of sp³-hybridized carbons (Fsp3) is 0.893. The van der Waals surface area contributed by atoms with Gasteiger partial charge in [0, 0.05) is 6.42 Å². The molecule has 0 aromatic heterocycles. The van der Waals surface area contributed by atoms with Crippen LogP contribution in [0.2, 0.25) is 0 Å². The first-order chi connectivity index (χ1) is 16.2. The van der Waals surface area contributed by atoms with Gasteiger partial charge in [-0.3, -0.25) is 9.59 Å². The number of aliphatic carboxylic acids is 1. The number of hydrogen-bond donors (Lipinski definition) is 3. The van der Waals surface area contributed by atoms with Gasteiger partial charge in [-0.05, 0) is 18.3 Å². The lowest BCUT2D eigenvalue weighted by Gasteiger charge is -2.25. The molecule has 0 spiro atoms. The second-order valence-corrected chi connectivity index (χ2v) is 10.6. The summed E-state index contributed by atoms with van der Waals surface area (Å²) >= 11 is 0. The van der Waals surface area contributed by atoms with Gasteiger partial charge in [0.1, 0.15) is 12.1 Å². The molecule has 200 valence electrons. The smallest absolute Gasteiger partial charge is 0.326 e. The van der Waals surface area contributed by atoms with Gasteiger partial charge < -0.3 is 15.7 Å². The van der Waals surface area contributed by atoms with Crippen LogP contribution in [0.25, 0.3) is 0 Å². The monoisotopic (exact) mass is 482 g/mol. The van der Waals surface area contributed by atoms with Crippen LogP contribution in [-0.4, -0.2) is 35.0 Å². The maximum Gasteiger partial charge on any atom is 0.326 e. The highest BCUT2D eigenvalue weighted by Gasteiger charge is 2.29. The molecule has 6 heteroatoms. The molecule has 0 aromatic carbocycles. The summed E-state index contributed by atoms with van der Waals surface area (Å²) < 4.78 is 0. The molecule has 2 amide bonds. The number of rotatable bonds is 22. The minimum Gasteiger partial charge on any atom is -0.480 e. The zero-order valence-corrected chi connectivity index (χ0v) is 22.8. The van der Waals surface area contributed by atoms with E-state index in [9.17, 15) is 19.5 Å². The van der Waals surface area contributed by atoms with Gasteiger partial charge in [0.15, 0.2) is 0 Å². The Labute approximate surface area is 209 Å². The summed E-state index contributed by atoms with van der Waals surface area (Å²) in [5.41, 5.74) is 0. The lowest BCUT2D eigenvalue weighted by Crippen LogP contribution is -2.54. The minimum atomic E-state index is -1.06. The molecule has 0 bridgehead atoms. The lowest BCUT2D eigenvalue weighted by molar-refractivity contribution is -0.143. The third-order valence-electron chi connectivity index (χ3n) is 6.50. The fourth-order valence-electron chi connectivity index (χ4n) is 4.19. The van der Waals surface area contributed by atoms with Crippen molar-refractivity contribution in [3.63, 3.8) is 0 Å². The molecule has 0 aromatic rings. The topological polar surface area (TPSA) is 95.5 Å². The molecule has 0 aliphatic carbocycles. The van der Waals surface area contributed by atoms with E-state index in [1.54, 1.807) is 13.8 Å². The first-order valence-electron chi connectivity index (χ1n) is 14.0. The fourth-order valence-corrected chi connectivity index (χ4v) is 4.19. The van der Waals surface area contributed by atoms with Crippen LogP contribution in [-0.2, 0) is 14.4 Å². The molecule has 6 nitrogen and oxygen atoms in total. The number of hydrogen-bond acceptors (Lipinski definition) is 3. The molecule has 0 saturated heterocycles. The second-order valence-electron chi connectivity index (χ2n) is 10.6. The van der Waals surface area contributed by atoms with E-state index < -0.39 is 24.0 Å². The van der Waals surface area contributed by atoms with Gasteiger partial charge in [-0.1, -0.05) is 125 Å². The average Bonchev–Trinajstić information content (AvgIpc) is 2.77. The number of carboxylic acids is 1. The van der Waals surface area contributed by atoms with Crippen LogP contribution < -0.4 is 10.6 Å². The highest BCUT2D eigenvalue weighted by molar-refractivity contribution is 5.90. The van der Waals surface area contributed by atoms with Crippen molar-refractivity contribution < 1.29 is 19.5 Å². The Morgan fingerprint density at radius 1 is 0.588 bits per heavy atom. The van der Waals surface area contributed by atoms with Crippen molar-refractivity contribution >= 4 is 17.8 Å². The maximum absolute atomic E-state index is 12.6. The van der Waals surface area contributed by atoms with E-state index in [1.807, 2.05) is 13.8 Å². The van der Waals surface area contributed by atoms with Gasteiger partial charge in [0.05, 0.1) is 0 Å². The lowest BCUT2D eigenvalue weighted by atomic mass is 10.00. The van der Waals surface area contributed by atoms with Crippen LogP contribution in [0.3, 0.4) is 0 Å². The van der Waals surface area contributed by atoms with Crippen LogP contribution in [0, 0.1) is 11.8 Å². The summed E-state index contributed by atoms with van der Waals surface area (Å²) in [7, 11) is 0. The van der Waals surface area contributed by atoms with Crippen LogP contribution in [0.15, 0.2) is 0 Å². The number of unbranched alkanes of at least 4 members (excludes halogenated alkanes) is 14. The van der Waals surface area contributed by atoms with Gasteiger partial charge in [0.2, 0.25) is 11.8 Å². The number of carbonyl (C=O) groups is 3. The van der Waals surface area contributed by atoms with E-state index in [0.29, 0.717) is 6.42 Å². The molecule has 34 heavy (non-hydrogen) atoms. The van der Waals surface area contributed by atoms with Crippen LogP contribution in [0.1, 0.15) is 137 Å². The number of nitrogens with one attached hydrogen (secondary N) is 2. The van der Waals surface area contributed by atoms with Crippen molar-refractivity contribution in [3.05, 3.63) is 0 Å². The normalized spacial score (nSPS) is 13.1. The maximum atomic E-state index is 12.6. The molecule has 0 unspecified atom stereocenters. The van der Waals surface area contributed by atoms with Gasteiger partial charge in [-0.25, -0.2) is 4.79 Å². The molecule has 0 rings (SSSR count). The van der Waals surface area contributed by atoms with Gasteiger partial charge in [-0.15, -0.1) is 0 Å². The number of amides is 2. The van der Waals surface area contributed by atoms with E-state index >= 15 is 0 Å². The zero-order chi connectivity index (χ0) is 25.8. The third-order valence-corrected chi connectivity index (χ3v) is 6.50. The Kier molecular flexibility index (Phi) is 19.8. The number of carbonyl (C=O) groups excluding carboxylic acids is 2. The van der Waals surface area contributed by atoms with Crippen molar-refractivity contribution in [2.75, 3.05) is 0 Å². The van der Waals surface area contributed by atoms with Crippen molar-refractivity contribution in [1.29, 1.82) is 0 Å². The van der Waals surface area contributed by atoms with Crippen LogP contribution in [0.5, 0.6) is 0 Å². The van der Waals surface area contributed by atoms with Crippen molar-refractivity contribution in [1.82, 2.24) is 10.6 Å². The predicted octanol–water partition coefficient (Wildman–Crippen LogP) is 6.61. The van der Waals surface area contributed by atoms with Crippen molar-refractivity contribution in [2.45, 2.75) is 149 Å². The third kappa shape index (κ3) is 16.9. The first kappa shape index (κ1) is 32.4. The molecule has 0 saturated carbocycles. The molecule has 2 atom stereocenters. The van der Waals surface area contributed by atoms with E-state index in [-0.39, 0.29) is 17.7 Å². The Hall–Kier alpha value is -1.59. The summed E-state index contributed by atoms with van der Waals surface area (Å²) in [5.74, 6) is -1.98. The van der Waals surface area contributed by atoms with E-state index in [1.165, 1.54) is 77.0 Å². The molecular weight excluding hydrogens is 428 g/mol. The molecular formula is C28H54N2O4. The largest absolute Gasteiger partial charge is 0.480 e. The Morgan fingerprint density at radius 2 is 0.971 bits per heavy atom. The van der Waals surface area contributed by atoms with E-state index in [0.717, 1.165) is 19.3 Å². The highest BCUT2D eigenvalue weighted by atomic mass is 16.4. The Bertz CT molecular complexity index is 549. The SMILES string of the molecule is CCCCCCCCCCCCCCCCCC(=O)N[C@H](C(=O)N[C@@H](C(=O)O)C(C)C)C(C)C. The summed E-state index contributed by atoms with van der Waals surface area (Å²) in [4.78, 5) is 36.3.